The summed E-state index contributed by atoms with van der Waals surface area (Å²) in [5.74, 6) is 1.23. The van der Waals surface area contributed by atoms with Gasteiger partial charge in [0, 0.05) is 18.7 Å². The van der Waals surface area contributed by atoms with Crippen LogP contribution in [0.15, 0.2) is 40.1 Å². The maximum Gasteiger partial charge on any atom is 0.330 e. The number of H-pyrrole nitrogens is 1. The Kier molecular flexibility index (Phi) is 5.94. The van der Waals surface area contributed by atoms with Gasteiger partial charge in [-0.1, -0.05) is 6.07 Å². The molecule has 0 aliphatic carbocycles. The molecule has 1 fully saturated rings. The van der Waals surface area contributed by atoms with E-state index in [2.05, 4.69) is 4.98 Å². The fourth-order valence-corrected chi connectivity index (χ4v) is 2.95. The van der Waals surface area contributed by atoms with Crippen LogP contribution >= 0.6 is 0 Å². The first kappa shape index (κ1) is 19.2. The largest absolute Gasteiger partial charge is 0.493 e. The van der Waals surface area contributed by atoms with Crippen LogP contribution in [-0.4, -0.2) is 47.7 Å². The van der Waals surface area contributed by atoms with Crippen molar-refractivity contribution in [1.82, 2.24) is 9.55 Å². The van der Waals surface area contributed by atoms with Crippen LogP contribution in [0.5, 0.6) is 11.5 Å². The van der Waals surface area contributed by atoms with Gasteiger partial charge in [0.05, 0.1) is 33.5 Å². The minimum absolute atomic E-state index is 0.157. The molecule has 2 N–H and O–H groups in total. The third kappa shape index (κ3) is 4.38. The van der Waals surface area contributed by atoms with Gasteiger partial charge in [-0.05, 0) is 17.7 Å². The second-order valence-electron chi connectivity index (χ2n) is 6.15. The molecule has 3 atom stereocenters. The molecule has 1 aliphatic heterocycles. The van der Waals surface area contributed by atoms with Gasteiger partial charge in [-0.25, -0.2) is 4.79 Å². The average Bonchev–Trinajstić information content (AvgIpc) is 3.02. The molecule has 0 radical (unpaired) electrons. The van der Waals surface area contributed by atoms with Crippen molar-refractivity contribution in [3.63, 3.8) is 0 Å². The number of nitrogens with zero attached hydrogens (tertiary/aromatic N) is 1. The zero-order chi connectivity index (χ0) is 19.4. The Balaban J connectivity index is 1.57. The van der Waals surface area contributed by atoms with E-state index in [0.29, 0.717) is 18.1 Å². The molecule has 27 heavy (non-hydrogen) atoms. The van der Waals surface area contributed by atoms with Crippen LogP contribution in [0.25, 0.3) is 0 Å². The third-order valence-corrected chi connectivity index (χ3v) is 4.36. The number of benzene rings is 1. The van der Waals surface area contributed by atoms with Crippen molar-refractivity contribution < 1.29 is 24.1 Å². The monoisotopic (exact) mass is 378 g/mol. The summed E-state index contributed by atoms with van der Waals surface area (Å²) >= 11 is 0. The minimum Gasteiger partial charge on any atom is -0.493 e. The first-order chi connectivity index (χ1) is 13.0. The number of hydrogen-bond acceptors (Lipinski definition) is 7. The van der Waals surface area contributed by atoms with Crippen molar-refractivity contribution in [2.24, 2.45) is 0 Å². The molecule has 1 aromatic heterocycles. The number of rotatable bonds is 7. The van der Waals surface area contributed by atoms with Crippen LogP contribution in [0, 0.1) is 0 Å². The lowest BCUT2D eigenvalue weighted by molar-refractivity contribution is -0.0667. The predicted octanol–water partition coefficient (Wildman–Crippen LogP) is 0.419. The van der Waals surface area contributed by atoms with E-state index in [1.165, 1.54) is 16.8 Å². The molecule has 146 valence electrons. The molecule has 1 saturated heterocycles. The maximum absolute atomic E-state index is 11.8. The quantitative estimate of drug-likeness (QED) is 0.718. The van der Waals surface area contributed by atoms with E-state index in [1.54, 1.807) is 20.3 Å². The number of nitrogens with one attached hydrogen (secondary N) is 1. The summed E-state index contributed by atoms with van der Waals surface area (Å²) in [6.07, 6.45) is -0.422. The highest BCUT2D eigenvalue weighted by Gasteiger charge is 2.35. The van der Waals surface area contributed by atoms with Gasteiger partial charge in [0.25, 0.3) is 5.56 Å². The van der Waals surface area contributed by atoms with E-state index in [-0.39, 0.29) is 13.0 Å². The molecule has 3 rings (SSSR count). The van der Waals surface area contributed by atoms with E-state index in [4.69, 9.17) is 18.9 Å². The topological polar surface area (TPSA) is 112 Å². The third-order valence-electron chi connectivity index (χ3n) is 4.36. The van der Waals surface area contributed by atoms with E-state index in [1.807, 2.05) is 12.1 Å². The van der Waals surface area contributed by atoms with Crippen molar-refractivity contribution in [1.29, 1.82) is 0 Å². The summed E-state index contributed by atoms with van der Waals surface area (Å²) in [6, 6.07) is 6.69. The highest BCUT2D eigenvalue weighted by atomic mass is 16.6. The molecular formula is C18H22N2O7. The van der Waals surface area contributed by atoms with Crippen LogP contribution in [0.1, 0.15) is 18.2 Å². The van der Waals surface area contributed by atoms with E-state index in [0.717, 1.165) is 5.56 Å². The fraction of sp³-hybridized carbons (Fsp3) is 0.444. The molecular weight excluding hydrogens is 356 g/mol. The Bertz CT molecular complexity index is 892. The lowest BCUT2D eigenvalue weighted by atomic mass is 10.2. The standard InChI is InChI=1S/C18H22N2O7/c1-24-13-4-3-11(7-14(13)25-2)9-26-10-15-12(21)8-17(27-15)20-6-5-16(22)19-18(20)23/h3-7,12,15,17,21H,8-10H2,1-2H3,(H,19,22,23)/t12-,15+,17+/m0/s1. The van der Waals surface area contributed by atoms with Crippen molar-refractivity contribution in [3.05, 3.63) is 56.9 Å². The van der Waals surface area contributed by atoms with Gasteiger partial charge < -0.3 is 24.1 Å². The van der Waals surface area contributed by atoms with E-state index in [9.17, 15) is 14.7 Å². The van der Waals surface area contributed by atoms with Gasteiger partial charge in [-0.3, -0.25) is 14.3 Å². The van der Waals surface area contributed by atoms with Crippen molar-refractivity contribution in [2.75, 3.05) is 20.8 Å². The Morgan fingerprint density at radius 1 is 1.22 bits per heavy atom. The number of aromatic nitrogens is 2. The number of hydrogen-bond donors (Lipinski definition) is 2. The van der Waals surface area contributed by atoms with Crippen molar-refractivity contribution >= 4 is 0 Å². The van der Waals surface area contributed by atoms with Crippen LogP contribution in [0.4, 0.5) is 0 Å². The Hall–Kier alpha value is -2.62. The summed E-state index contributed by atoms with van der Waals surface area (Å²) in [5.41, 5.74) is -0.176. The SMILES string of the molecule is COc1ccc(COC[C@H]2O[C@@H](n3ccc(=O)[nH]c3=O)C[C@@H]2O)cc1OC. The van der Waals surface area contributed by atoms with Gasteiger partial charge >= 0.3 is 5.69 Å². The van der Waals surface area contributed by atoms with E-state index < -0.39 is 29.7 Å². The van der Waals surface area contributed by atoms with Gasteiger partial charge in [0.15, 0.2) is 11.5 Å². The molecule has 9 heteroatoms. The summed E-state index contributed by atoms with van der Waals surface area (Å²) in [6.45, 7) is 0.459. The first-order valence-corrected chi connectivity index (χ1v) is 8.45. The van der Waals surface area contributed by atoms with Crippen molar-refractivity contribution in [3.8, 4) is 11.5 Å². The predicted molar refractivity (Wildman–Crippen MR) is 95.1 cm³/mol. The molecule has 0 spiro atoms. The second kappa shape index (κ2) is 8.38. The zero-order valence-electron chi connectivity index (χ0n) is 15.1. The molecule has 0 amide bonds. The van der Waals surface area contributed by atoms with Gasteiger partial charge in [-0.2, -0.15) is 0 Å². The van der Waals surface area contributed by atoms with Crippen LogP contribution in [-0.2, 0) is 16.1 Å². The fourth-order valence-electron chi connectivity index (χ4n) is 2.95. The molecule has 2 aromatic rings. The van der Waals surface area contributed by atoms with Crippen molar-refractivity contribution in [2.45, 2.75) is 31.5 Å². The Morgan fingerprint density at radius 3 is 2.70 bits per heavy atom. The maximum atomic E-state index is 11.8. The van der Waals surface area contributed by atoms with Crippen LogP contribution < -0.4 is 20.7 Å². The molecule has 0 unspecified atom stereocenters. The summed E-state index contributed by atoms with van der Waals surface area (Å²) in [4.78, 5) is 25.2. The molecule has 1 aromatic carbocycles. The average molecular weight is 378 g/mol. The van der Waals surface area contributed by atoms with Gasteiger partial charge in [-0.15, -0.1) is 0 Å². The number of aliphatic hydroxyl groups excluding tert-OH is 1. The number of ether oxygens (including phenoxy) is 4. The normalized spacial score (nSPS) is 22.0. The summed E-state index contributed by atoms with van der Waals surface area (Å²) in [5, 5.41) is 10.2. The highest BCUT2D eigenvalue weighted by Crippen LogP contribution is 2.29. The molecule has 0 bridgehead atoms. The Morgan fingerprint density at radius 2 is 2.00 bits per heavy atom. The zero-order valence-corrected chi connectivity index (χ0v) is 15.1. The van der Waals surface area contributed by atoms with Gasteiger partial charge in [0.2, 0.25) is 0 Å². The highest BCUT2D eigenvalue weighted by molar-refractivity contribution is 5.42. The van der Waals surface area contributed by atoms with Crippen LogP contribution in [0.2, 0.25) is 0 Å². The minimum atomic E-state index is -0.778. The molecule has 0 saturated carbocycles. The van der Waals surface area contributed by atoms with Gasteiger partial charge in [0.1, 0.15) is 12.3 Å². The molecule has 9 nitrogen and oxygen atoms in total. The molecule has 1 aliphatic rings. The first-order valence-electron chi connectivity index (χ1n) is 8.45. The number of methoxy groups -OCH3 is 2. The Labute approximate surface area is 155 Å². The summed E-state index contributed by atoms with van der Waals surface area (Å²) in [7, 11) is 3.13. The lowest BCUT2D eigenvalue weighted by Crippen LogP contribution is -2.31. The smallest absolute Gasteiger partial charge is 0.330 e. The molecule has 2 heterocycles. The number of aliphatic hydroxyl groups is 1. The van der Waals surface area contributed by atoms with E-state index >= 15 is 0 Å². The van der Waals surface area contributed by atoms with Crippen LogP contribution in [0.3, 0.4) is 0 Å². The lowest BCUT2D eigenvalue weighted by Gasteiger charge is -2.16. The number of aromatic amines is 1. The second-order valence-corrected chi connectivity index (χ2v) is 6.15. The summed E-state index contributed by atoms with van der Waals surface area (Å²) < 4.78 is 23.1.